The van der Waals surface area contributed by atoms with Gasteiger partial charge in [-0.05, 0) is 25.3 Å². The van der Waals surface area contributed by atoms with E-state index >= 15 is 0 Å². The minimum atomic E-state index is -1.47. The van der Waals surface area contributed by atoms with E-state index in [1.165, 1.54) is 13.2 Å². The van der Waals surface area contributed by atoms with Crippen LogP contribution in [0.15, 0.2) is 28.4 Å². The van der Waals surface area contributed by atoms with Gasteiger partial charge in [0.05, 0.1) is 11.8 Å². The highest BCUT2D eigenvalue weighted by Crippen LogP contribution is 2.69. The fourth-order valence-electron chi connectivity index (χ4n) is 6.60. The SMILES string of the molecule is CC(=O)OC1CC23COC(=O)C2=CCC2c4occc4C(=O)CC(C)(C23)C1(C)O. The van der Waals surface area contributed by atoms with Crippen molar-refractivity contribution in [3.63, 3.8) is 0 Å². The summed E-state index contributed by atoms with van der Waals surface area (Å²) in [4.78, 5) is 37.6. The molecule has 0 aromatic carbocycles. The second-order valence-corrected chi connectivity index (χ2v) is 9.34. The molecule has 6 unspecified atom stereocenters. The number of carbonyl (C=O) groups is 3. The van der Waals surface area contributed by atoms with Crippen LogP contribution in [-0.2, 0) is 19.1 Å². The van der Waals surface area contributed by atoms with Gasteiger partial charge in [0.1, 0.15) is 24.1 Å². The Hall–Kier alpha value is -2.41. The van der Waals surface area contributed by atoms with Crippen LogP contribution in [0.5, 0.6) is 0 Å². The third kappa shape index (κ3) is 2.14. The van der Waals surface area contributed by atoms with Crippen LogP contribution in [0.1, 0.15) is 62.1 Å². The minimum absolute atomic E-state index is 0.0642. The molecular weight excluding hydrogens is 376 g/mol. The Morgan fingerprint density at radius 3 is 2.79 bits per heavy atom. The zero-order valence-electron chi connectivity index (χ0n) is 16.7. The Balaban J connectivity index is 1.78. The molecule has 154 valence electrons. The standard InChI is InChI=1S/C22H24O7/c1-11(23)29-16-9-22-10-28-19(25)14(22)5-4-13-17-12(6-7-27-17)15(24)8-20(2,18(13)22)21(16,3)26/h5-7,13,16,18,26H,4,8-10H2,1-3H3. The highest BCUT2D eigenvalue weighted by Gasteiger charge is 2.72. The van der Waals surface area contributed by atoms with Gasteiger partial charge in [0.2, 0.25) is 0 Å². The molecule has 6 atom stereocenters. The molecule has 4 aliphatic rings. The number of esters is 2. The number of ketones is 1. The number of cyclic esters (lactones) is 1. The molecule has 29 heavy (non-hydrogen) atoms. The molecule has 3 aliphatic carbocycles. The predicted molar refractivity (Wildman–Crippen MR) is 98.9 cm³/mol. The normalized spacial score (nSPS) is 42.8. The Bertz CT molecular complexity index is 970. The van der Waals surface area contributed by atoms with Crippen molar-refractivity contribution in [2.75, 3.05) is 6.61 Å². The van der Waals surface area contributed by atoms with E-state index in [4.69, 9.17) is 13.9 Å². The monoisotopic (exact) mass is 400 g/mol. The molecular formula is C22H24O7. The number of furan rings is 1. The van der Waals surface area contributed by atoms with Crippen molar-refractivity contribution < 1.29 is 33.4 Å². The lowest BCUT2D eigenvalue weighted by atomic mass is 9.42. The number of ether oxygens (including phenoxy) is 2. The lowest BCUT2D eigenvalue weighted by Crippen LogP contribution is -2.68. The number of rotatable bonds is 1. The third-order valence-electron chi connectivity index (χ3n) is 7.98. The van der Waals surface area contributed by atoms with Gasteiger partial charge in [-0.2, -0.15) is 0 Å². The van der Waals surface area contributed by atoms with E-state index in [2.05, 4.69) is 0 Å². The van der Waals surface area contributed by atoms with Gasteiger partial charge in [0.15, 0.2) is 5.78 Å². The van der Waals surface area contributed by atoms with Gasteiger partial charge in [0.25, 0.3) is 0 Å². The first kappa shape index (κ1) is 18.6. The Labute approximate surface area is 168 Å². The van der Waals surface area contributed by atoms with Gasteiger partial charge in [-0.25, -0.2) is 4.79 Å². The Morgan fingerprint density at radius 1 is 1.31 bits per heavy atom. The van der Waals surface area contributed by atoms with Crippen LogP contribution >= 0.6 is 0 Å². The molecule has 0 radical (unpaired) electrons. The van der Waals surface area contributed by atoms with Crippen LogP contribution in [0.25, 0.3) is 0 Å². The van der Waals surface area contributed by atoms with Crippen molar-refractivity contribution in [1.82, 2.24) is 0 Å². The van der Waals surface area contributed by atoms with Gasteiger partial charge < -0.3 is 19.0 Å². The van der Waals surface area contributed by atoms with Crippen molar-refractivity contribution in [3.8, 4) is 0 Å². The number of carbonyl (C=O) groups excluding carboxylic acids is 3. The first-order valence-electron chi connectivity index (χ1n) is 10.00. The van der Waals surface area contributed by atoms with Crippen LogP contribution < -0.4 is 0 Å². The molecule has 1 aromatic rings. The number of fused-ring (bicyclic) bond motifs is 2. The van der Waals surface area contributed by atoms with Gasteiger partial charge >= 0.3 is 11.9 Å². The molecule has 1 saturated heterocycles. The Morgan fingerprint density at radius 2 is 2.07 bits per heavy atom. The number of hydrogen-bond acceptors (Lipinski definition) is 7. The first-order valence-corrected chi connectivity index (χ1v) is 10.00. The molecule has 5 rings (SSSR count). The molecule has 0 bridgehead atoms. The summed E-state index contributed by atoms with van der Waals surface area (Å²) in [6.45, 7) is 4.95. The maximum atomic E-state index is 13.2. The largest absolute Gasteiger partial charge is 0.468 e. The highest BCUT2D eigenvalue weighted by atomic mass is 16.6. The summed E-state index contributed by atoms with van der Waals surface area (Å²) >= 11 is 0. The molecule has 2 fully saturated rings. The summed E-state index contributed by atoms with van der Waals surface area (Å²) in [6.07, 6.45) is 3.39. The molecule has 7 heteroatoms. The van der Waals surface area contributed by atoms with E-state index in [-0.39, 0.29) is 43.0 Å². The number of hydrogen-bond donors (Lipinski definition) is 1. The highest BCUT2D eigenvalue weighted by molar-refractivity contribution is 5.99. The van der Waals surface area contributed by atoms with Crippen LogP contribution in [0.3, 0.4) is 0 Å². The van der Waals surface area contributed by atoms with Gasteiger partial charge in [-0.15, -0.1) is 0 Å². The van der Waals surface area contributed by atoms with E-state index in [1.807, 2.05) is 13.0 Å². The molecule has 1 N–H and O–H groups in total. The van der Waals surface area contributed by atoms with Crippen molar-refractivity contribution in [3.05, 3.63) is 35.3 Å². The van der Waals surface area contributed by atoms with Crippen LogP contribution in [0, 0.1) is 16.7 Å². The molecule has 1 spiro atoms. The second kappa shape index (κ2) is 5.59. The van der Waals surface area contributed by atoms with Gasteiger partial charge in [-0.3, -0.25) is 9.59 Å². The van der Waals surface area contributed by atoms with E-state index in [1.54, 1.807) is 13.0 Å². The predicted octanol–water partition coefficient (Wildman–Crippen LogP) is 2.53. The topological polar surface area (TPSA) is 103 Å². The third-order valence-corrected chi connectivity index (χ3v) is 7.98. The summed E-state index contributed by atoms with van der Waals surface area (Å²) in [6, 6.07) is 1.68. The maximum absolute atomic E-state index is 13.2. The van der Waals surface area contributed by atoms with E-state index in [0.29, 0.717) is 23.3 Å². The lowest BCUT2D eigenvalue weighted by molar-refractivity contribution is -0.238. The molecule has 0 amide bonds. The number of allylic oxidation sites excluding steroid dienone is 1. The molecule has 1 aromatic heterocycles. The summed E-state index contributed by atoms with van der Waals surface area (Å²) < 4.78 is 16.8. The molecule has 7 nitrogen and oxygen atoms in total. The van der Waals surface area contributed by atoms with E-state index in [0.717, 1.165) is 0 Å². The number of Topliss-reactive ketones (excluding diaryl/α,β-unsaturated/α-hetero) is 1. The van der Waals surface area contributed by atoms with E-state index < -0.39 is 28.5 Å². The van der Waals surface area contributed by atoms with Crippen LogP contribution in [-0.4, -0.2) is 41.1 Å². The number of aliphatic hydroxyl groups is 1. The quantitative estimate of drug-likeness (QED) is 0.723. The zero-order valence-corrected chi connectivity index (χ0v) is 16.7. The smallest absolute Gasteiger partial charge is 0.334 e. The molecule has 1 saturated carbocycles. The Kier molecular flexibility index (Phi) is 3.59. The van der Waals surface area contributed by atoms with E-state index in [9.17, 15) is 19.5 Å². The fourth-order valence-corrected chi connectivity index (χ4v) is 6.60. The van der Waals surface area contributed by atoms with Crippen molar-refractivity contribution >= 4 is 17.7 Å². The summed E-state index contributed by atoms with van der Waals surface area (Å²) in [5, 5.41) is 11.7. The van der Waals surface area contributed by atoms with Crippen LogP contribution in [0.4, 0.5) is 0 Å². The van der Waals surface area contributed by atoms with Crippen molar-refractivity contribution in [2.24, 2.45) is 16.7 Å². The average molecular weight is 400 g/mol. The maximum Gasteiger partial charge on any atom is 0.334 e. The minimum Gasteiger partial charge on any atom is -0.468 e. The summed E-state index contributed by atoms with van der Waals surface area (Å²) in [5.74, 6) is -0.845. The van der Waals surface area contributed by atoms with Gasteiger partial charge in [0, 0.05) is 42.1 Å². The summed E-state index contributed by atoms with van der Waals surface area (Å²) in [5.41, 5.74) is -2.07. The average Bonchev–Trinajstić information content (AvgIpc) is 3.22. The fraction of sp³-hybridized carbons (Fsp3) is 0.591. The second-order valence-electron chi connectivity index (χ2n) is 9.34. The van der Waals surface area contributed by atoms with Gasteiger partial charge in [-0.1, -0.05) is 13.0 Å². The van der Waals surface area contributed by atoms with Crippen molar-refractivity contribution in [1.29, 1.82) is 0 Å². The molecule has 1 aliphatic heterocycles. The first-order chi connectivity index (χ1) is 13.6. The molecule has 2 heterocycles. The van der Waals surface area contributed by atoms with Crippen molar-refractivity contribution in [2.45, 2.75) is 57.7 Å². The zero-order chi connectivity index (χ0) is 20.8. The van der Waals surface area contributed by atoms with Crippen LogP contribution in [0.2, 0.25) is 0 Å². The summed E-state index contributed by atoms with van der Waals surface area (Å²) in [7, 11) is 0. The lowest BCUT2D eigenvalue weighted by Gasteiger charge is -2.62.